The molecule has 0 spiro atoms. The minimum atomic E-state index is -0.434. The van der Waals surface area contributed by atoms with Crippen molar-refractivity contribution in [3.8, 4) is 0 Å². The highest BCUT2D eigenvalue weighted by molar-refractivity contribution is 5.78. The average molecular weight is 291 g/mol. The molecule has 1 saturated heterocycles. The van der Waals surface area contributed by atoms with Crippen LogP contribution in [0.3, 0.4) is 0 Å². The van der Waals surface area contributed by atoms with Crippen molar-refractivity contribution < 1.29 is 9.72 Å². The summed E-state index contributed by atoms with van der Waals surface area (Å²) in [6.07, 6.45) is 3.37. The van der Waals surface area contributed by atoms with Crippen molar-refractivity contribution in [2.45, 2.75) is 31.7 Å². The van der Waals surface area contributed by atoms with E-state index in [0.717, 1.165) is 37.9 Å². The summed E-state index contributed by atoms with van der Waals surface area (Å²) in [7, 11) is 1.85. The van der Waals surface area contributed by atoms with Crippen LogP contribution < -0.4 is 5.32 Å². The molecule has 0 aliphatic carbocycles. The van der Waals surface area contributed by atoms with E-state index in [2.05, 4.69) is 5.32 Å². The van der Waals surface area contributed by atoms with Crippen molar-refractivity contribution in [2.24, 2.45) is 0 Å². The van der Waals surface area contributed by atoms with Gasteiger partial charge in [-0.2, -0.15) is 0 Å². The number of benzene rings is 1. The fraction of sp³-hybridized carbons (Fsp3) is 0.533. The van der Waals surface area contributed by atoms with E-state index < -0.39 is 4.92 Å². The van der Waals surface area contributed by atoms with E-state index >= 15 is 0 Å². The molecule has 1 aromatic rings. The molecule has 1 heterocycles. The molecule has 21 heavy (non-hydrogen) atoms. The van der Waals surface area contributed by atoms with Gasteiger partial charge >= 0.3 is 0 Å². The van der Waals surface area contributed by atoms with Gasteiger partial charge in [0.15, 0.2) is 0 Å². The summed E-state index contributed by atoms with van der Waals surface area (Å²) >= 11 is 0. The molecule has 6 heteroatoms. The maximum atomic E-state index is 12.3. The summed E-state index contributed by atoms with van der Waals surface area (Å²) in [5.74, 6) is 0.0655. The Labute approximate surface area is 124 Å². The lowest BCUT2D eigenvalue weighted by Crippen LogP contribution is -2.38. The van der Waals surface area contributed by atoms with Gasteiger partial charge in [0.1, 0.15) is 0 Å². The lowest BCUT2D eigenvalue weighted by molar-refractivity contribution is -0.384. The van der Waals surface area contributed by atoms with Gasteiger partial charge in [0.25, 0.3) is 5.69 Å². The van der Waals surface area contributed by atoms with Crippen molar-refractivity contribution in [1.82, 2.24) is 10.2 Å². The molecular formula is C15H21N3O3. The second-order valence-electron chi connectivity index (χ2n) is 5.44. The first-order chi connectivity index (χ1) is 10.1. The Kier molecular flexibility index (Phi) is 5.27. The highest BCUT2D eigenvalue weighted by Crippen LogP contribution is 2.16. The molecule has 114 valence electrons. The van der Waals surface area contributed by atoms with E-state index in [1.807, 2.05) is 11.9 Å². The third-order valence-corrected chi connectivity index (χ3v) is 3.99. The largest absolute Gasteiger partial charge is 0.342 e. The van der Waals surface area contributed by atoms with Crippen LogP contribution in [0.2, 0.25) is 0 Å². The van der Waals surface area contributed by atoms with Crippen LogP contribution in [0.15, 0.2) is 24.3 Å². The molecule has 0 bridgehead atoms. The first-order valence-electron chi connectivity index (χ1n) is 7.27. The second-order valence-corrected chi connectivity index (χ2v) is 5.44. The van der Waals surface area contributed by atoms with Gasteiger partial charge < -0.3 is 10.2 Å². The molecule has 1 aliphatic rings. The summed E-state index contributed by atoms with van der Waals surface area (Å²) < 4.78 is 0. The zero-order valence-electron chi connectivity index (χ0n) is 12.2. The monoisotopic (exact) mass is 291 g/mol. The topological polar surface area (TPSA) is 75.5 Å². The number of nitro groups is 1. The Morgan fingerprint density at radius 1 is 1.33 bits per heavy atom. The van der Waals surface area contributed by atoms with Crippen molar-refractivity contribution >= 4 is 11.6 Å². The predicted octanol–water partition coefficient (Wildman–Crippen LogP) is 1.74. The Bertz CT molecular complexity index is 493. The Morgan fingerprint density at radius 2 is 2.05 bits per heavy atom. The van der Waals surface area contributed by atoms with E-state index in [1.165, 1.54) is 12.1 Å². The van der Waals surface area contributed by atoms with Crippen molar-refractivity contribution in [3.63, 3.8) is 0 Å². The maximum absolute atomic E-state index is 12.3. The standard InChI is InChI=1S/C15H21N3O3/c1-17(13-3-2-9-16-10-8-13)15(19)11-12-4-6-14(7-5-12)18(20)21/h4-7,13,16H,2-3,8-11H2,1H3. The number of nitro benzene ring substituents is 1. The third-order valence-electron chi connectivity index (χ3n) is 3.99. The molecule has 6 nitrogen and oxygen atoms in total. The molecule has 1 aliphatic heterocycles. The molecule has 0 saturated carbocycles. The highest BCUT2D eigenvalue weighted by Gasteiger charge is 2.21. The summed E-state index contributed by atoms with van der Waals surface area (Å²) in [6.45, 7) is 1.96. The summed E-state index contributed by atoms with van der Waals surface area (Å²) in [6, 6.07) is 6.47. The van der Waals surface area contributed by atoms with Gasteiger partial charge in [0.2, 0.25) is 5.91 Å². The summed E-state index contributed by atoms with van der Waals surface area (Å²) in [4.78, 5) is 24.3. The predicted molar refractivity (Wildman–Crippen MR) is 80.1 cm³/mol. The number of non-ortho nitro benzene ring substituents is 1. The van der Waals surface area contributed by atoms with Gasteiger partial charge in [-0.05, 0) is 37.9 Å². The molecule has 2 rings (SSSR count). The first-order valence-corrected chi connectivity index (χ1v) is 7.27. The second kappa shape index (κ2) is 7.17. The summed E-state index contributed by atoms with van der Waals surface area (Å²) in [5.41, 5.74) is 0.860. The van der Waals surface area contributed by atoms with E-state index in [4.69, 9.17) is 0 Å². The fourth-order valence-electron chi connectivity index (χ4n) is 2.63. The Morgan fingerprint density at radius 3 is 2.71 bits per heavy atom. The van der Waals surface area contributed by atoms with Crippen molar-refractivity contribution in [3.05, 3.63) is 39.9 Å². The minimum absolute atomic E-state index is 0.0504. The van der Waals surface area contributed by atoms with Gasteiger partial charge in [-0.15, -0.1) is 0 Å². The molecule has 1 unspecified atom stereocenters. The fourth-order valence-corrected chi connectivity index (χ4v) is 2.63. The maximum Gasteiger partial charge on any atom is 0.269 e. The quantitative estimate of drug-likeness (QED) is 0.677. The normalized spacial score (nSPS) is 18.8. The van der Waals surface area contributed by atoms with Crippen LogP contribution in [0, 0.1) is 10.1 Å². The first kappa shape index (κ1) is 15.4. The number of hydrogen-bond acceptors (Lipinski definition) is 4. The lowest BCUT2D eigenvalue weighted by Gasteiger charge is -2.27. The van der Waals surface area contributed by atoms with Gasteiger partial charge in [-0.1, -0.05) is 12.1 Å². The molecule has 1 fully saturated rings. The molecule has 0 aromatic heterocycles. The number of nitrogens with zero attached hydrogens (tertiary/aromatic N) is 2. The van der Waals surface area contributed by atoms with Crippen molar-refractivity contribution in [2.75, 3.05) is 20.1 Å². The van der Waals surface area contributed by atoms with Crippen LogP contribution in [0.1, 0.15) is 24.8 Å². The van der Waals surface area contributed by atoms with Gasteiger partial charge in [0, 0.05) is 25.2 Å². The van der Waals surface area contributed by atoms with E-state index in [0.29, 0.717) is 6.42 Å². The van der Waals surface area contributed by atoms with Crippen LogP contribution in [-0.2, 0) is 11.2 Å². The SMILES string of the molecule is CN(C(=O)Cc1ccc([N+](=O)[O-])cc1)C1CCCNCC1. The number of rotatable bonds is 4. The van der Waals surface area contributed by atoms with E-state index in [1.54, 1.807) is 12.1 Å². The van der Waals surface area contributed by atoms with Crippen LogP contribution in [0.25, 0.3) is 0 Å². The summed E-state index contributed by atoms with van der Waals surface area (Å²) in [5, 5.41) is 13.9. The van der Waals surface area contributed by atoms with E-state index in [-0.39, 0.29) is 17.6 Å². The lowest BCUT2D eigenvalue weighted by atomic mass is 10.1. The zero-order valence-corrected chi connectivity index (χ0v) is 12.2. The average Bonchev–Trinajstić information content (AvgIpc) is 2.76. The third kappa shape index (κ3) is 4.26. The molecule has 0 radical (unpaired) electrons. The number of carbonyl (C=O) groups excluding carboxylic acids is 1. The smallest absolute Gasteiger partial charge is 0.269 e. The molecule has 1 aromatic carbocycles. The van der Waals surface area contributed by atoms with Gasteiger partial charge in [0.05, 0.1) is 11.3 Å². The van der Waals surface area contributed by atoms with Crippen LogP contribution in [-0.4, -0.2) is 41.9 Å². The minimum Gasteiger partial charge on any atom is -0.342 e. The number of likely N-dealkylation sites (N-methyl/N-ethyl adjacent to an activating group) is 1. The van der Waals surface area contributed by atoms with E-state index in [9.17, 15) is 14.9 Å². The number of hydrogen-bond donors (Lipinski definition) is 1. The Hall–Kier alpha value is -1.95. The Balaban J connectivity index is 1.94. The van der Waals surface area contributed by atoms with Crippen LogP contribution >= 0.6 is 0 Å². The van der Waals surface area contributed by atoms with Gasteiger partial charge in [-0.25, -0.2) is 0 Å². The number of amides is 1. The van der Waals surface area contributed by atoms with Crippen molar-refractivity contribution in [1.29, 1.82) is 0 Å². The molecule has 1 amide bonds. The zero-order chi connectivity index (χ0) is 15.2. The number of nitrogens with one attached hydrogen (secondary N) is 1. The highest BCUT2D eigenvalue weighted by atomic mass is 16.6. The number of carbonyl (C=O) groups is 1. The van der Waals surface area contributed by atoms with Crippen LogP contribution in [0.5, 0.6) is 0 Å². The van der Waals surface area contributed by atoms with Crippen LogP contribution in [0.4, 0.5) is 5.69 Å². The molecule has 1 N–H and O–H groups in total. The molecule has 1 atom stereocenters. The van der Waals surface area contributed by atoms with Gasteiger partial charge in [-0.3, -0.25) is 14.9 Å². The molecular weight excluding hydrogens is 270 g/mol.